The van der Waals surface area contributed by atoms with E-state index in [0.29, 0.717) is 12.8 Å². The fourth-order valence-corrected chi connectivity index (χ4v) is 1.24. The summed E-state index contributed by atoms with van der Waals surface area (Å²) in [6.45, 7) is -2.64. The predicted octanol–water partition coefficient (Wildman–Crippen LogP) is 1.11. The van der Waals surface area contributed by atoms with E-state index in [0.717, 1.165) is 6.42 Å². The summed E-state index contributed by atoms with van der Waals surface area (Å²) in [5, 5.41) is 0. The molecule has 2 N–H and O–H groups in total. The Bertz CT molecular complexity index is 110. The first kappa shape index (κ1) is 7.88. The second-order valence-electron chi connectivity index (χ2n) is 2.59. The van der Waals surface area contributed by atoms with Crippen LogP contribution in [-0.4, -0.2) is 18.8 Å². The maximum absolute atomic E-state index is 11.6. The van der Waals surface area contributed by atoms with Gasteiger partial charge in [0, 0.05) is 6.04 Å². The second kappa shape index (κ2) is 3.25. The van der Waals surface area contributed by atoms with Gasteiger partial charge in [-0.15, -0.1) is 0 Å². The molecule has 0 amide bonds. The van der Waals surface area contributed by atoms with Gasteiger partial charge in [0.15, 0.2) is 0 Å². The predicted molar refractivity (Wildman–Crippen MR) is 32.7 cm³/mol. The van der Waals surface area contributed by atoms with Gasteiger partial charge in [0.05, 0.1) is 6.10 Å². The highest BCUT2D eigenvalue weighted by atomic mass is 19.3. The standard InChI is InChI=1S/C6H11F2NO/c7-6(8)10-5-2-1-4(9)3-5/h4-6H,1-3,9H2/t4-,5-/m1/s1. The summed E-state index contributed by atoms with van der Waals surface area (Å²) >= 11 is 0. The number of hydrogen-bond donors (Lipinski definition) is 1. The molecule has 0 heterocycles. The molecule has 0 aromatic rings. The Kier molecular flexibility index (Phi) is 2.56. The monoisotopic (exact) mass is 151 g/mol. The summed E-state index contributed by atoms with van der Waals surface area (Å²) in [7, 11) is 0. The van der Waals surface area contributed by atoms with Crippen LogP contribution in [0.1, 0.15) is 19.3 Å². The minimum absolute atomic E-state index is 0.0590. The van der Waals surface area contributed by atoms with Gasteiger partial charge in [-0.2, -0.15) is 8.78 Å². The van der Waals surface area contributed by atoms with Gasteiger partial charge in [-0.1, -0.05) is 0 Å². The lowest BCUT2D eigenvalue weighted by Crippen LogP contribution is -2.18. The maximum Gasteiger partial charge on any atom is 0.345 e. The van der Waals surface area contributed by atoms with Crippen LogP contribution in [0.5, 0.6) is 0 Å². The van der Waals surface area contributed by atoms with Crippen molar-refractivity contribution in [1.29, 1.82) is 0 Å². The molecule has 0 saturated heterocycles. The summed E-state index contributed by atoms with van der Waals surface area (Å²) in [5.74, 6) is 0. The Labute approximate surface area is 58.3 Å². The highest BCUT2D eigenvalue weighted by Crippen LogP contribution is 2.21. The van der Waals surface area contributed by atoms with E-state index in [1.807, 2.05) is 0 Å². The van der Waals surface area contributed by atoms with Crippen molar-refractivity contribution >= 4 is 0 Å². The average Bonchev–Trinajstić information content (AvgIpc) is 2.13. The molecule has 0 aliphatic heterocycles. The van der Waals surface area contributed by atoms with Crippen molar-refractivity contribution in [2.24, 2.45) is 5.73 Å². The molecule has 1 saturated carbocycles. The van der Waals surface area contributed by atoms with Crippen LogP contribution in [0.25, 0.3) is 0 Å². The lowest BCUT2D eigenvalue weighted by Gasteiger charge is -2.08. The molecule has 0 bridgehead atoms. The number of halogens is 2. The largest absolute Gasteiger partial charge is 0.345 e. The molecular weight excluding hydrogens is 140 g/mol. The van der Waals surface area contributed by atoms with E-state index >= 15 is 0 Å². The molecule has 2 nitrogen and oxygen atoms in total. The van der Waals surface area contributed by atoms with Crippen molar-refractivity contribution in [3.8, 4) is 0 Å². The van der Waals surface area contributed by atoms with Crippen LogP contribution in [0.15, 0.2) is 0 Å². The summed E-state index contributed by atoms with van der Waals surface area (Å²) in [6, 6.07) is 0.0590. The zero-order valence-electron chi connectivity index (χ0n) is 5.59. The van der Waals surface area contributed by atoms with Crippen LogP contribution in [0, 0.1) is 0 Å². The van der Waals surface area contributed by atoms with E-state index in [4.69, 9.17) is 5.73 Å². The van der Waals surface area contributed by atoms with Gasteiger partial charge in [0.2, 0.25) is 0 Å². The van der Waals surface area contributed by atoms with Crippen molar-refractivity contribution in [2.45, 2.75) is 38.0 Å². The van der Waals surface area contributed by atoms with Crippen LogP contribution in [0.2, 0.25) is 0 Å². The number of hydrogen-bond acceptors (Lipinski definition) is 2. The zero-order chi connectivity index (χ0) is 7.56. The van der Waals surface area contributed by atoms with E-state index < -0.39 is 6.61 Å². The number of nitrogens with two attached hydrogens (primary N) is 1. The van der Waals surface area contributed by atoms with Crippen LogP contribution in [0.4, 0.5) is 8.78 Å². The molecule has 0 spiro atoms. The van der Waals surface area contributed by atoms with Crippen LogP contribution in [0.3, 0.4) is 0 Å². The number of alkyl halides is 2. The Hall–Kier alpha value is -0.220. The molecule has 1 aliphatic carbocycles. The molecule has 0 radical (unpaired) electrons. The SMILES string of the molecule is N[C@@H]1CC[C@@H](OC(F)F)C1. The van der Waals surface area contributed by atoms with Gasteiger partial charge >= 0.3 is 6.61 Å². The third-order valence-electron chi connectivity index (χ3n) is 1.72. The topological polar surface area (TPSA) is 35.2 Å². The summed E-state index contributed by atoms with van der Waals surface area (Å²) < 4.78 is 27.4. The molecule has 2 atom stereocenters. The van der Waals surface area contributed by atoms with Crippen molar-refractivity contribution < 1.29 is 13.5 Å². The fourth-order valence-electron chi connectivity index (χ4n) is 1.24. The highest BCUT2D eigenvalue weighted by Gasteiger charge is 2.24. The van der Waals surface area contributed by atoms with Gasteiger partial charge < -0.3 is 10.5 Å². The Morgan fingerprint density at radius 1 is 1.40 bits per heavy atom. The first-order chi connectivity index (χ1) is 4.68. The highest BCUT2D eigenvalue weighted by molar-refractivity contribution is 4.77. The van der Waals surface area contributed by atoms with Gasteiger partial charge in [-0.25, -0.2) is 0 Å². The van der Waals surface area contributed by atoms with Crippen LogP contribution in [-0.2, 0) is 4.74 Å². The summed E-state index contributed by atoms with van der Waals surface area (Å²) in [6.07, 6.45) is 1.74. The Morgan fingerprint density at radius 2 is 2.10 bits per heavy atom. The third-order valence-corrected chi connectivity index (χ3v) is 1.72. The van der Waals surface area contributed by atoms with E-state index in [2.05, 4.69) is 4.74 Å². The quantitative estimate of drug-likeness (QED) is 0.641. The Balaban J connectivity index is 2.18. The lowest BCUT2D eigenvalue weighted by molar-refractivity contribution is -0.160. The molecule has 1 aliphatic rings. The van der Waals surface area contributed by atoms with Gasteiger partial charge in [-0.3, -0.25) is 0 Å². The minimum atomic E-state index is -2.64. The number of ether oxygens (including phenoxy) is 1. The third kappa shape index (κ3) is 2.19. The molecule has 1 rings (SSSR count). The smallest absolute Gasteiger partial charge is 0.328 e. The lowest BCUT2D eigenvalue weighted by atomic mass is 10.3. The second-order valence-corrected chi connectivity index (χ2v) is 2.59. The zero-order valence-corrected chi connectivity index (χ0v) is 5.59. The fraction of sp³-hybridized carbons (Fsp3) is 1.00. The Morgan fingerprint density at radius 3 is 2.50 bits per heavy atom. The molecule has 60 valence electrons. The molecule has 10 heavy (non-hydrogen) atoms. The molecular formula is C6H11F2NO. The van der Waals surface area contributed by atoms with Crippen molar-refractivity contribution in [2.75, 3.05) is 0 Å². The van der Waals surface area contributed by atoms with Gasteiger partial charge in [-0.05, 0) is 19.3 Å². The van der Waals surface area contributed by atoms with Gasteiger partial charge in [0.25, 0.3) is 0 Å². The van der Waals surface area contributed by atoms with Crippen molar-refractivity contribution in [1.82, 2.24) is 0 Å². The molecule has 4 heteroatoms. The summed E-state index contributed by atoms with van der Waals surface area (Å²) in [5.41, 5.74) is 5.48. The van der Waals surface area contributed by atoms with E-state index in [9.17, 15) is 8.78 Å². The van der Waals surface area contributed by atoms with Gasteiger partial charge in [0.1, 0.15) is 0 Å². The van der Waals surface area contributed by atoms with E-state index in [1.54, 1.807) is 0 Å². The molecule has 1 fully saturated rings. The maximum atomic E-state index is 11.6. The molecule has 0 unspecified atom stereocenters. The van der Waals surface area contributed by atoms with Crippen LogP contribution < -0.4 is 5.73 Å². The average molecular weight is 151 g/mol. The van der Waals surface area contributed by atoms with Crippen molar-refractivity contribution in [3.63, 3.8) is 0 Å². The van der Waals surface area contributed by atoms with Crippen molar-refractivity contribution in [3.05, 3.63) is 0 Å². The van der Waals surface area contributed by atoms with E-state index in [-0.39, 0.29) is 12.1 Å². The molecule has 0 aromatic carbocycles. The molecule has 0 aromatic heterocycles. The van der Waals surface area contributed by atoms with Crippen LogP contribution >= 0.6 is 0 Å². The summed E-state index contributed by atoms with van der Waals surface area (Å²) in [4.78, 5) is 0. The first-order valence-electron chi connectivity index (χ1n) is 3.37. The normalized spacial score (nSPS) is 33.6. The first-order valence-corrected chi connectivity index (χ1v) is 3.37. The van der Waals surface area contributed by atoms with E-state index in [1.165, 1.54) is 0 Å². The minimum Gasteiger partial charge on any atom is -0.328 e. The number of rotatable bonds is 2.